The molecular formula is C13H21NO. The Hall–Kier alpha value is -0.860. The predicted molar refractivity (Wildman–Crippen MR) is 63.9 cm³/mol. The molecule has 0 aromatic heterocycles. The molecule has 0 bridgehead atoms. The second-order valence-corrected chi connectivity index (χ2v) is 4.26. The topological polar surface area (TPSA) is 46.2 Å². The summed E-state index contributed by atoms with van der Waals surface area (Å²) in [5, 5.41) is 9.55. The Labute approximate surface area is 92.1 Å². The fourth-order valence-electron chi connectivity index (χ4n) is 1.98. The zero-order chi connectivity index (χ0) is 11.3. The molecule has 0 aliphatic carbocycles. The molecule has 0 radical (unpaired) electrons. The zero-order valence-electron chi connectivity index (χ0n) is 9.66. The number of nitrogens with two attached hydrogens (primary N) is 1. The molecule has 1 rings (SSSR count). The summed E-state index contributed by atoms with van der Waals surface area (Å²) in [6.07, 6.45) is 1.97. The van der Waals surface area contributed by atoms with Gasteiger partial charge in [0.1, 0.15) is 0 Å². The van der Waals surface area contributed by atoms with Crippen LogP contribution in [0.5, 0.6) is 0 Å². The Kier molecular flexibility index (Phi) is 4.30. The molecule has 0 heterocycles. The Balaban J connectivity index is 3.02. The Morgan fingerprint density at radius 2 is 1.87 bits per heavy atom. The van der Waals surface area contributed by atoms with Crippen LogP contribution in [-0.4, -0.2) is 18.3 Å². The molecular weight excluding hydrogens is 186 g/mol. The smallest absolute Gasteiger partial charge is 0.0540 e. The average molecular weight is 207 g/mol. The van der Waals surface area contributed by atoms with E-state index in [9.17, 15) is 5.11 Å². The molecule has 2 nitrogen and oxygen atoms in total. The monoisotopic (exact) mass is 207 g/mol. The fourth-order valence-corrected chi connectivity index (χ4v) is 1.98. The van der Waals surface area contributed by atoms with Gasteiger partial charge in [-0.3, -0.25) is 0 Å². The van der Waals surface area contributed by atoms with Crippen molar-refractivity contribution in [3.05, 3.63) is 35.4 Å². The van der Waals surface area contributed by atoms with E-state index < -0.39 is 0 Å². The second kappa shape index (κ2) is 5.29. The van der Waals surface area contributed by atoms with Crippen molar-refractivity contribution in [1.82, 2.24) is 0 Å². The first-order chi connectivity index (χ1) is 7.18. The van der Waals surface area contributed by atoms with Gasteiger partial charge in [0.05, 0.1) is 6.61 Å². The van der Waals surface area contributed by atoms with Gasteiger partial charge in [0.2, 0.25) is 0 Å². The Morgan fingerprint density at radius 3 is 2.27 bits per heavy atom. The maximum absolute atomic E-state index is 9.55. The molecule has 0 saturated heterocycles. The van der Waals surface area contributed by atoms with E-state index in [-0.39, 0.29) is 12.0 Å². The Bertz CT molecular complexity index is 288. The lowest BCUT2D eigenvalue weighted by Crippen LogP contribution is -2.38. The van der Waals surface area contributed by atoms with E-state index in [4.69, 9.17) is 5.73 Å². The van der Waals surface area contributed by atoms with E-state index in [0.717, 1.165) is 18.4 Å². The van der Waals surface area contributed by atoms with Gasteiger partial charge in [-0.15, -0.1) is 0 Å². The third kappa shape index (κ3) is 2.58. The molecule has 84 valence electrons. The van der Waals surface area contributed by atoms with Gasteiger partial charge in [-0.05, 0) is 18.9 Å². The largest absolute Gasteiger partial charge is 0.395 e. The van der Waals surface area contributed by atoms with E-state index in [2.05, 4.69) is 38.1 Å². The van der Waals surface area contributed by atoms with Crippen molar-refractivity contribution < 1.29 is 5.11 Å². The molecule has 0 saturated carbocycles. The summed E-state index contributed by atoms with van der Waals surface area (Å²) in [4.78, 5) is 0. The normalized spacial score (nSPS) is 14.9. The van der Waals surface area contributed by atoms with Gasteiger partial charge in [0.25, 0.3) is 0 Å². The van der Waals surface area contributed by atoms with Gasteiger partial charge in [0, 0.05) is 12.0 Å². The lowest BCUT2D eigenvalue weighted by atomic mass is 9.77. The van der Waals surface area contributed by atoms with E-state index in [1.54, 1.807) is 0 Å². The number of hydrogen-bond acceptors (Lipinski definition) is 2. The molecule has 0 spiro atoms. The summed E-state index contributed by atoms with van der Waals surface area (Å²) in [6, 6.07) is 8.30. The van der Waals surface area contributed by atoms with Crippen LogP contribution in [0.2, 0.25) is 0 Å². The van der Waals surface area contributed by atoms with Crippen molar-refractivity contribution in [2.24, 2.45) is 5.73 Å². The van der Waals surface area contributed by atoms with Crippen molar-refractivity contribution in [3.63, 3.8) is 0 Å². The average Bonchev–Trinajstić information content (AvgIpc) is 2.27. The van der Waals surface area contributed by atoms with E-state index in [1.165, 1.54) is 5.56 Å². The molecule has 0 aliphatic heterocycles. The van der Waals surface area contributed by atoms with Crippen LogP contribution in [0.1, 0.15) is 30.9 Å². The first kappa shape index (κ1) is 12.2. The number of aliphatic hydroxyl groups is 1. The van der Waals surface area contributed by atoms with E-state index in [1.807, 2.05) is 0 Å². The standard InChI is InChI=1S/C13H21NO/c1-3-8-13(9-14,10-15)12-6-4-11(2)5-7-12/h4-7,15H,3,8-10,14H2,1-2H3. The van der Waals surface area contributed by atoms with Gasteiger partial charge < -0.3 is 10.8 Å². The molecule has 1 aromatic rings. The Morgan fingerprint density at radius 1 is 1.27 bits per heavy atom. The number of hydrogen-bond donors (Lipinski definition) is 2. The van der Waals surface area contributed by atoms with E-state index >= 15 is 0 Å². The molecule has 1 unspecified atom stereocenters. The molecule has 1 atom stereocenters. The van der Waals surface area contributed by atoms with Crippen LogP contribution < -0.4 is 5.73 Å². The molecule has 0 aliphatic rings. The summed E-state index contributed by atoms with van der Waals surface area (Å²) in [7, 11) is 0. The molecule has 3 N–H and O–H groups in total. The van der Waals surface area contributed by atoms with Crippen LogP contribution in [0.3, 0.4) is 0 Å². The van der Waals surface area contributed by atoms with Crippen molar-refractivity contribution in [2.75, 3.05) is 13.2 Å². The molecule has 0 amide bonds. The van der Waals surface area contributed by atoms with Gasteiger partial charge >= 0.3 is 0 Å². The van der Waals surface area contributed by atoms with Crippen molar-refractivity contribution in [1.29, 1.82) is 0 Å². The third-order valence-electron chi connectivity index (χ3n) is 3.09. The summed E-state index contributed by atoms with van der Waals surface area (Å²) >= 11 is 0. The predicted octanol–water partition coefficient (Wildman–Crippen LogP) is 1.98. The minimum Gasteiger partial charge on any atom is -0.395 e. The first-order valence-corrected chi connectivity index (χ1v) is 5.56. The maximum atomic E-state index is 9.55. The highest BCUT2D eigenvalue weighted by molar-refractivity contribution is 5.29. The summed E-state index contributed by atoms with van der Waals surface area (Å²) in [5.74, 6) is 0. The van der Waals surface area contributed by atoms with Crippen LogP contribution in [0, 0.1) is 6.92 Å². The quantitative estimate of drug-likeness (QED) is 0.775. The van der Waals surface area contributed by atoms with E-state index in [0.29, 0.717) is 6.54 Å². The van der Waals surface area contributed by atoms with Crippen molar-refractivity contribution >= 4 is 0 Å². The minimum absolute atomic E-state index is 0.125. The van der Waals surface area contributed by atoms with Crippen LogP contribution in [-0.2, 0) is 5.41 Å². The summed E-state index contributed by atoms with van der Waals surface area (Å²) < 4.78 is 0. The number of rotatable bonds is 5. The van der Waals surface area contributed by atoms with Crippen molar-refractivity contribution in [2.45, 2.75) is 32.1 Å². The summed E-state index contributed by atoms with van der Waals surface area (Å²) in [6.45, 7) is 4.81. The van der Waals surface area contributed by atoms with Crippen LogP contribution in [0.15, 0.2) is 24.3 Å². The summed E-state index contributed by atoms with van der Waals surface area (Å²) in [5.41, 5.74) is 7.95. The molecule has 1 aromatic carbocycles. The van der Waals surface area contributed by atoms with Gasteiger partial charge in [-0.1, -0.05) is 43.2 Å². The first-order valence-electron chi connectivity index (χ1n) is 5.56. The molecule has 0 fully saturated rings. The maximum Gasteiger partial charge on any atom is 0.0540 e. The highest BCUT2D eigenvalue weighted by Gasteiger charge is 2.28. The zero-order valence-corrected chi connectivity index (χ0v) is 9.66. The minimum atomic E-state index is -0.248. The lowest BCUT2D eigenvalue weighted by Gasteiger charge is -2.30. The number of benzene rings is 1. The fraction of sp³-hybridized carbons (Fsp3) is 0.538. The third-order valence-corrected chi connectivity index (χ3v) is 3.09. The highest BCUT2D eigenvalue weighted by Crippen LogP contribution is 2.28. The highest BCUT2D eigenvalue weighted by atomic mass is 16.3. The van der Waals surface area contributed by atoms with Crippen LogP contribution in [0.4, 0.5) is 0 Å². The lowest BCUT2D eigenvalue weighted by molar-refractivity contribution is 0.187. The van der Waals surface area contributed by atoms with Crippen molar-refractivity contribution in [3.8, 4) is 0 Å². The molecule has 15 heavy (non-hydrogen) atoms. The number of aliphatic hydroxyl groups excluding tert-OH is 1. The van der Waals surface area contributed by atoms with Gasteiger partial charge in [-0.25, -0.2) is 0 Å². The SMILES string of the molecule is CCCC(CN)(CO)c1ccc(C)cc1. The molecule has 2 heteroatoms. The van der Waals surface area contributed by atoms with Gasteiger partial charge in [-0.2, -0.15) is 0 Å². The van der Waals surface area contributed by atoms with Crippen LogP contribution in [0.25, 0.3) is 0 Å². The van der Waals surface area contributed by atoms with Crippen LogP contribution >= 0.6 is 0 Å². The number of aryl methyl sites for hydroxylation is 1. The van der Waals surface area contributed by atoms with Gasteiger partial charge in [0.15, 0.2) is 0 Å². The second-order valence-electron chi connectivity index (χ2n) is 4.26.